The van der Waals surface area contributed by atoms with Gasteiger partial charge in [-0.05, 0) is 86.2 Å². The maximum Gasteiger partial charge on any atom is 0.241 e. The summed E-state index contributed by atoms with van der Waals surface area (Å²) in [6, 6.07) is 23.5. The second kappa shape index (κ2) is 12.6. The standard InChI is InChI=1S/C31H35N5O2/c32-22-26-9-6-20-36(26)31(37)29(34-24-7-2-1-3-8-24)21-23-11-15-27(16-12-23)38-28-17-13-25(14-18-28)35-30-10-4-5-19-33-30/h4-5,10-19,24,26,29,34H,1-3,6-9,20-21H2,(H,33,35)/t26-,29-/m0/s1. The van der Waals surface area contributed by atoms with Crippen molar-refractivity contribution in [2.75, 3.05) is 11.9 Å². The number of pyridine rings is 1. The van der Waals surface area contributed by atoms with Crippen LogP contribution in [0.2, 0.25) is 0 Å². The molecule has 2 aliphatic rings. The van der Waals surface area contributed by atoms with Gasteiger partial charge in [-0.1, -0.05) is 37.5 Å². The van der Waals surface area contributed by atoms with Gasteiger partial charge in [0, 0.05) is 24.5 Å². The molecule has 1 aliphatic heterocycles. The number of carbonyl (C=O) groups excluding carboxylic acids is 1. The van der Waals surface area contributed by atoms with Crippen LogP contribution in [0.15, 0.2) is 72.9 Å². The van der Waals surface area contributed by atoms with Crippen LogP contribution in [0.5, 0.6) is 11.5 Å². The molecule has 3 aromatic rings. The van der Waals surface area contributed by atoms with Crippen LogP contribution < -0.4 is 15.4 Å². The summed E-state index contributed by atoms with van der Waals surface area (Å²) < 4.78 is 6.05. The number of nitrogens with zero attached hydrogens (tertiary/aromatic N) is 3. The van der Waals surface area contributed by atoms with Crippen molar-refractivity contribution in [1.29, 1.82) is 5.26 Å². The van der Waals surface area contributed by atoms with E-state index in [1.165, 1.54) is 19.3 Å². The molecule has 0 spiro atoms. The summed E-state index contributed by atoms with van der Waals surface area (Å²) in [6.45, 7) is 0.669. The van der Waals surface area contributed by atoms with E-state index in [0.29, 0.717) is 19.0 Å². The largest absolute Gasteiger partial charge is 0.457 e. The summed E-state index contributed by atoms with van der Waals surface area (Å²) in [7, 11) is 0. The fourth-order valence-corrected chi connectivity index (χ4v) is 5.39. The number of hydrogen-bond donors (Lipinski definition) is 2. The van der Waals surface area contributed by atoms with Gasteiger partial charge in [0.15, 0.2) is 0 Å². The van der Waals surface area contributed by atoms with Crippen LogP contribution in [0.3, 0.4) is 0 Å². The monoisotopic (exact) mass is 509 g/mol. The molecule has 1 amide bonds. The molecule has 0 bridgehead atoms. The van der Waals surface area contributed by atoms with E-state index in [4.69, 9.17) is 4.74 Å². The van der Waals surface area contributed by atoms with Crippen molar-refractivity contribution in [1.82, 2.24) is 15.2 Å². The molecule has 38 heavy (non-hydrogen) atoms. The number of rotatable bonds is 9. The number of anilines is 2. The van der Waals surface area contributed by atoms with Crippen molar-refractivity contribution >= 4 is 17.4 Å². The third-order valence-electron chi connectivity index (χ3n) is 7.42. The summed E-state index contributed by atoms with van der Waals surface area (Å²) in [6.07, 6.45) is 9.90. The molecule has 2 aromatic carbocycles. The highest BCUT2D eigenvalue weighted by atomic mass is 16.5. The number of nitriles is 1. The Kier molecular flexibility index (Phi) is 8.52. The van der Waals surface area contributed by atoms with Gasteiger partial charge in [-0.2, -0.15) is 5.26 Å². The highest BCUT2D eigenvalue weighted by Gasteiger charge is 2.34. The topological polar surface area (TPSA) is 90.3 Å². The minimum atomic E-state index is -0.321. The summed E-state index contributed by atoms with van der Waals surface area (Å²) >= 11 is 0. The number of aromatic nitrogens is 1. The van der Waals surface area contributed by atoms with Crippen molar-refractivity contribution in [3.05, 3.63) is 78.5 Å². The predicted octanol–water partition coefficient (Wildman–Crippen LogP) is 5.97. The lowest BCUT2D eigenvalue weighted by Gasteiger charge is -2.31. The second-order valence-corrected chi connectivity index (χ2v) is 10.2. The number of carbonyl (C=O) groups is 1. The molecule has 0 unspecified atom stereocenters. The summed E-state index contributed by atoms with van der Waals surface area (Å²) in [5, 5.41) is 16.5. The summed E-state index contributed by atoms with van der Waals surface area (Å²) in [5.41, 5.74) is 2.01. The van der Waals surface area contributed by atoms with E-state index in [0.717, 1.165) is 54.3 Å². The van der Waals surface area contributed by atoms with Gasteiger partial charge in [-0.25, -0.2) is 4.98 Å². The Hall–Kier alpha value is -3.89. The van der Waals surface area contributed by atoms with E-state index in [9.17, 15) is 10.1 Å². The van der Waals surface area contributed by atoms with E-state index in [1.54, 1.807) is 11.1 Å². The Balaban J connectivity index is 1.22. The molecule has 0 radical (unpaired) electrons. The van der Waals surface area contributed by atoms with Gasteiger partial charge >= 0.3 is 0 Å². The lowest BCUT2D eigenvalue weighted by molar-refractivity contribution is -0.133. The van der Waals surface area contributed by atoms with Crippen LogP contribution >= 0.6 is 0 Å². The number of amides is 1. The maximum atomic E-state index is 13.5. The molecular weight excluding hydrogens is 474 g/mol. The molecule has 2 fully saturated rings. The number of hydrogen-bond acceptors (Lipinski definition) is 6. The Morgan fingerprint density at radius 2 is 1.71 bits per heavy atom. The Labute approximate surface area is 224 Å². The van der Waals surface area contributed by atoms with E-state index >= 15 is 0 Å². The first-order valence-corrected chi connectivity index (χ1v) is 13.7. The van der Waals surface area contributed by atoms with Gasteiger partial charge in [0.25, 0.3) is 0 Å². The lowest BCUT2D eigenvalue weighted by atomic mass is 9.93. The normalized spacial score (nSPS) is 18.5. The van der Waals surface area contributed by atoms with Crippen molar-refractivity contribution in [3.63, 3.8) is 0 Å². The van der Waals surface area contributed by atoms with E-state index < -0.39 is 0 Å². The zero-order valence-electron chi connectivity index (χ0n) is 21.7. The van der Waals surface area contributed by atoms with Crippen LogP contribution in [0.1, 0.15) is 50.5 Å². The Morgan fingerprint density at radius 1 is 0.974 bits per heavy atom. The van der Waals surface area contributed by atoms with Crippen LogP contribution in [-0.4, -0.2) is 40.5 Å². The van der Waals surface area contributed by atoms with Gasteiger partial charge in [0.05, 0.1) is 12.1 Å². The van der Waals surface area contributed by atoms with Crippen LogP contribution in [0.25, 0.3) is 0 Å². The molecule has 2 N–H and O–H groups in total. The summed E-state index contributed by atoms with van der Waals surface area (Å²) in [4.78, 5) is 19.6. The third kappa shape index (κ3) is 6.70. The molecule has 1 aromatic heterocycles. The fourth-order valence-electron chi connectivity index (χ4n) is 5.39. The average molecular weight is 510 g/mol. The molecule has 1 aliphatic carbocycles. The number of likely N-dealkylation sites (tertiary alicyclic amines) is 1. The Bertz CT molecular complexity index is 1220. The van der Waals surface area contributed by atoms with Gasteiger partial charge in [-0.15, -0.1) is 0 Å². The zero-order valence-corrected chi connectivity index (χ0v) is 21.7. The Morgan fingerprint density at radius 3 is 2.39 bits per heavy atom. The molecule has 196 valence electrons. The molecule has 1 saturated heterocycles. The predicted molar refractivity (Wildman–Crippen MR) is 148 cm³/mol. The minimum Gasteiger partial charge on any atom is -0.457 e. The number of benzene rings is 2. The SMILES string of the molecule is N#C[C@@H]1CCCN1C(=O)[C@H](Cc1ccc(Oc2ccc(Nc3ccccn3)cc2)cc1)NC1CCCCC1. The average Bonchev–Trinajstić information content (AvgIpc) is 3.45. The first kappa shape index (κ1) is 25.7. The first-order chi connectivity index (χ1) is 18.7. The quantitative estimate of drug-likeness (QED) is 0.370. The lowest BCUT2D eigenvalue weighted by Crippen LogP contribution is -2.52. The summed E-state index contributed by atoms with van der Waals surface area (Å²) in [5.74, 6) is 2.33. The molecule has 1 saturated carbocycles. The zero-order chi connectivity index (χ0) is 26.2. The van der Waals surface area contributed by atoms with Crippen LogP contribution in [0.4, 0.5) is 11.5 Å². The highest BCUT2D eigenvalue weighted by Crippen LogP contribution is 2.26. The van der Waals surface area contributed by atoms with E-state index in [-0.39, 0.29) is 18.0 Å². The molecular formula is C31H35N5O2. The van der Waals surface area contributed by atoms with E-state index in [1.807, 2.05) is 66.7 Å². The third-order valence-corrected chi connectivity index (χ3v) is 7.42. The fraction of sp³-hybridized carbons (Fsp3) is 0.387. The van der Waals surface area contributed by atoms with Gasteiger partial charge in [0.2, 0.25) is 5.91 Å². The molecule has 7 heteroatoms. The molecule has 2 heterocycles. The van der Waals surface area contributed by atoms with Gasteiger partial charge < -0.3 is 20.3 Å². The van der Waals surface area contributed by atoms with Crippen LogP contribution in [0, 0.1) is 11.3 Å². The van der Waals surface area contributed by atoms with Crippen LogP contribution in [-0.2, 0) is 11.2 Å². The second-order valence-electron chi connectivity index (χ2n) is 10.2. The smallest absolute Gasteiger partial charge is 0.241 e. The number of nitrogens with one attached hydrogen (secondary N) is 2. The van der Waals surface area contributed by atoms with Crippen molar-refractivity contribution in [3.8, 4) is 17.6 Å². The van der Waals surface area contributed by atoms with Crippen molar-refractivity contribution in [2.24, 2.45) is 0 Å². The van der Waals surface area contributed by atoms with Crippen molar-refractivity contribution < 1.29 is 9.53 Å². The van der Waals surface area contributed by atoms with E-state index in [2.05, 4.69) is 21.7 Å². The minimum absolute atomic E-state index is 0.0550. The highest BCUT2D eigenvalue weighted by molar-refractivity contribution is 5.83. The van der Waals surface area contributed by atoms with Crippen molar-refractivity contribution in [2.45, 2.75) is 69.5 Å². The van der Waals surface area contributed by atoms with Gasteiger partial charge in [-0.3, -0.25) is 4.79 Å². The maximum absolute atomic E-state index is 13.5. The molecule has 7 nitrogen and oxygen atoms in total. The molecule has 2 atom stereocenters. The number of ether oxygens (including phenoxy) is 1. The molecule has 5 rings (SSSR count). The van der Waals surface area contributed by atoms with Gasteiger partial charge in [0.1, 0.15) is 23.4 Å². The first-order valence-electron chi connectivity index (χ1n) is 13.7.